The summed E-state index contributed by atoms with van der Waals surface area (Å²) in [6, 6.07) is 6.54. The Morgan fingerprint density at radius 2 is 1.83 bits per heavy atom. The SMILES string of the molecule is COc1cc2nc(C)nc(N[C@H](C)c3cc(N)cc(C(F)(F)F)c3)c2cc1O[C@H](C)COC1CC1. The van der Waals surface area contributed by atoms with Crippen molar-refractivity contribution < 1.29 is 27.4 Å². The molecule has 10 heteroatoms. The number of methoxy groups -OCH3 is 1. The van der Waals surface area contributed by atoms with E-state index in [1.807, 2.05) is 6.92 Å². The summed E-state index contributed by atoms with van der Waals surface area (Å²) in [7, 11) is 1.55. The molecule has 1 aliphatic rings. The number of hydrogen-bond donors (Lipinski definition) is 2. The van der Waals surface area contributed by atoms with Crippen LogP contribution in [0.1, 0.15) is 49.7 Å². The number of alkyl halides is 3. The molecule has 2 aromatic carbocycles. The molecular formula is C25H29F3N4O3. The molecule has 1 aromatic heterocycles. The van der Waals surface area contributed by atoms with E-state index in [0.29, 0.717) is 52.3 Å². The number of nitrogens with two attached hydrogens (primary N) is 1. The zero-order valence-corrected chi connectivity index (χ0v) is 20.1. The lowest BCUT2D eigenvalue weighted by Gasteiger charge is -2.21. The topological polar surface area (TPSA) is 91.5 Å². The third kappa shape index (κ3) is 6.05. The predicted octanol–water partition coefficient (Wildman–Crippen LogP) is 5.67. The first-order valence-corrected chi connectivity index (χ1v) is 11.4. The quantitative estimate of drug-likeness (QED) is 0.374. The Labute approximate surface area is 201 Å². The van der Waals surface area contributed by atoms with Gasteiger partial charge in [0.05, 0.1) is 36.9 Å². The van der Waals surface area contributed by atoms with Crippen LogP contribution in [-0.4, -0.2) is 35.9 Å². The number of aryl methyl sites for hydroxylation is 1. The number of hydrogen-bond acceptors (Lipinski definition) is 7. The molecule has 0 bridgehead atoms. The van der Waals surface area contributed by atoms with Gasteiger partial charge in [0.25, 0.3) is 0 Å². The molecule has 1 aliphatic carbocycles. The Kier molecular flexibility index (Phi) is 6.93. The molecule has 0 saturated heterocycles. The maximum Gasteiger partial charge on any atom is 0.416 e. The number of nitrogens with one attached hydrogen (secondary N) is 1. The lowest BCUT2D eigenvalue weighted by atomic mass is 10.0. The summed E-state index contributed by atoms with van der Waals surface area (Å²) in [6.45, 7) is 5.86. The Balaban J connectivity index is 1.65. The van der Waals surface area contributed by atoms with Crippen molar-refractivity contribution in [3.63, 3.8) is 0 Å². The largest absolute Gasteiger partial charge is 0.493 e. The highest BCUT2D eigenvalue weighted by molar-refractivity contribution is 5.92. The molecule has 3 aromatic rings. The molecule has 2 atom stereocenters. The zero-order valence-electron chi connectivity index (χ0n) is 20.1. The van der Waals surface area contributed by atoms with Crippen molar-refractivity contribution >= 4 is 22.4 Å². The monoisotopic (exact) mass is 490 g/mol. The Hall–Kier alpha value is -3.27. The van der Waals surface area contributed by atoms with E-state index in [-0.39, 0.29) is 11.8 Å². The summed E-state index contributed by atoms with van der Waals surface area (Å²) in [5.74, 6) is 1.97. The summed E-state index contributed by atoms with van der Waals surface area (Å²) >= 11 is 0. The molecule has 0 unspecified atom stereocenters. The van der Waals surface area contributed by atoms with E-state index in [1.54, 1.807) is 33.1 Å². The van der Waals surface area contributed by atoms with E-state index < -0.39 is 17.8 Å². The smallest absolute Gasteiger partial charge is 0.416 e. The molecule has 35 heavy (non-hydrogen) atoms. The molecule has 0 aliphatic heterocycles. The fourth-order valence-corrected chi connectivity index (χ4v) is 3.75. The molecule has 188 valence electrons. The number of aromatic nitrogens is 2. The van der Waals surface area contributed by atoms with E-state index in [0.717, 1.165) is 25.0 Å². The zero-order chi connectivity index (χ0) is 25.3. The van der Waals surface area contributed by atoms with Crippen molar-refractivity contribution in [1.29, 1.82) is 0 Å². The minimum Gasteiger partial charge on any atom is -0.493 e. The van der Waals surface area contributed by atoms with Gasteiger partial charge >= 0.3 is 6.18 Å². The molecule has 7 nitrogen and oxygen atoms in total. The van der Waals surface area contributed by atoms with Crippen molar-refractivity contribution in [2.24, 2.45) is 0 Å². The van der Waals surface area contributed by atoms with Gasteiger partial charge in [-0.2, -0.15) is 13.2 Å². The van der Waals surface area contributed by atoms with Crippen LogP contribution in [0.15, 0.2) is 30.3 Å². The average Bonchev–Trinajstić information content (AvgIpc) is 3.61. The van der Waals surface area contributed by atoms with Crippen molar-refractivity contribution in [2.45, 2.75) is 58.0 Å². The number of rotatable bonds is 9. The number of fused-ring (bicyclic) bond motifs is 1. The van der Waals surface area contributed by atoms with Crippen LogP contribution in [0, 0.1) is 6.92 Å². The van der Waals surface area contributed by atoms with Crippen molar-refractivity contribution in [3.8, 4) is 11.5 Å². The van der Waals surface area contributed by atoms with Crippen LogP contribution < -0.4 is 20.5 Å². The highest BCUT2D eigenvalue weighted by Crippen LogP contribution is 2.37. The number of anilines is 2. The second kappa shape index (κ2) is 9.77. The standard InChI is InChI=1S/C25H29F3N4O3/c1-13(12-34-19-5-6-19)35-23-10-20-21(11-22(23)33-4)31-15(3)32-24(20)30-14(2)16-7-17(25(26,27)28)9-18(29)8-16/h7-11,13-14,19H,5-6,12,29H2,1-4H3,(H,30,31,32)/t13-,14-/m1/s1. The first kappa shape index (κ1) is 24.8. The molecule has 0 amide bonds. The first-order chi connectivity index (χ1) is 16.5. The van der Waals surface area contributed by atoms with E-state index in [9.17, 15) is 13.2 Å². The molecule has 1 saturated carbocycles. The van der Waals surface area contributed by atoms with E-state index in [1.165, 1.54) is 6.07 Å². The van der Waals surface area contributed by atoms with Gasteiger partial charge in [-0.25, -0.2) is 9.97 Å². The van der Waals surface area contributed by atoms with Crippen LogP contribution >= 0.6 is 0 Å². The van der Waals surface area contributed by atoms with E-state index in [2.05, 4.69) is 15.3 Å². The molecule has 0 spiro atoms. The third-order valence-corrected chi connectivity index (χ3v) is 5.67. The summed E-state index contributed by atoms with van der Waals surface area (Å²) in [4.78, 5) is 9.00. The van der Waals surface area contributed by atoms with Crippen molar-refractivity contribution in [3.05, 3.63) is 47.3 Å². The lowest BCUT2D eigenvalue weighted by Crippen LogP contribution is -2.20. The Bertz CT molecular complexity index is 1210. The second-order valence-electron chi connectivity index (χ2n) is 8.85. The number of nitrogens with zero attached hydrogens (tertiary/aromatic N) is 2. The van der Waals surface area contributed by atoms with Gasteiger partial charge in [-0.1, -0.05) is 0 Å². The van der Waals surface area contributed by atoms with E-state index >= 15 is 0 Å². The maximum absolute atomic E-state index is 13.3. The van der Waals surface area contributed by atoms with Crippen LogP contribution in [0.2, 0.25) is 0 Å². The van der Waals surface area contributed by atoms with Crippen LogP contribution in [-0.2, 0) is 10.9 Å². The fraction of sp³-hybridized carbons (Fsp3) is 0.440. The van der Waals surface area contributed by atoms with E-state index in [4.69, 9.17) is 19.9 Å². The van der Waals surface area contributed by atoms with Crippen LogP contribution in [0.4, 0.5) is 24.7 Å². The predicted molar refractivity (Wildman–Crippen MR) is 128 cm³/mol. The van der Waals surface area contributed by atoms with Gasteiger partial charge in [0, 0.05) is 17.1 Å². The fourth-order valence-electron chi connectivity index (χ4n) is 3.75. The van der Waals surface area contributed by atoms with Crippen LogP contribution in [0.25, 0.3) is 10.9 Å². The van der Waals surface area contributed by atoms with Gasteiger partial charge in [0.1, 0.15) is 17.7 Å². The Morgan fingerprint density at radius 1 is 1.09 bits per heavy atom. The number of benzene rings is 2. The van der Waals surface area contributed by atoms with Crippen LogP contribution in [0.3, 0.4) is 0 Å². The van der Waals surface area contributed by atoms with Gasteiger partial charge in [0.15, 0.2) is 11.5 Å². The van der Waals surface area contributed by atoms with Crippen LogP contribution in [0.5, 0.6) is 11.5 Å². The number of ether oxygens (including phenoxy) is 3. The second-order valence-corrected chi connectivity index (χ2v) is 8.85. The van der Waals surface area contributed by atoms with Gasteiger partial charge in [-0.05, 0) is 63.4 Å². The minimum absolute atomic E-state index is 0.0371. The number of nitrogen functional groups attached to an aromatic ring is 1. The normalized spacial score (nSPS) is 15.6. The molecule has 0 radical (unpaired) electrons. The van der Waals surface area contributed by atoms with Gasteiger partial charge in [0.2, 0.25) is 0 Å². The van der Waals surface area contributed by atoms with Crippen molar-refractivity contribution in [2.75, 3.05) is 24.8 Å². The highest BCUT2D eigenvalue weighted by Gasteiger charge is 2.31. The van der Waals surface area contributed by atoms with Crippen molar-refractivity contribution in [1.82, 2.24) is 9.97 Å². The third-order valence-electron chi connectivity index (χ3n) is 5.67. The first-order valence-electron chi connectivity index (χ1n) is 11.4. The molecule has 1 fully saturated rings. The van der Waals surface area contributed by atoms with Gasteiger partial charge in [-0.3, -0.25) is 0 Å². The number of halogens is 3. The molecule has 3 N–H and O–H groups in total. The maximum atomic E-state index is 13.3. The molecule has 4 rings (SSSR count). The summed E-state index contributed by atoms with van der Waals surface area (Å²) in [5, 5.41) is 3.87. The summed E-state index contributed by atoms with van der Waals surface area (Å²) in [5.41, 5.74) is 5.99. The summed E-state index contributed by atoms with van der Waals surface area (Å²) < 4.78 is 57.2. The van der Waals surface area contributed by atoms with Gasteiger partial charge < -0.3 is 25.3 Å². The lowest BCUT2D eigenvalue weighted by molar-refractivity contribution is -0.137. The molecular weight excluding hydrogens is 461 g/mol. The average molecular weight is 491 g/mol. The summed E-state index contributed by atoms with van der Waals surface area (Å²) in [6.07, 6.45) is -2.24. The minimum atomic E-state index is -4.50. The van der Waals surface area contributed by atoms with Gasteiger partial charge in [-0.15, -0.1) is 0 Å². The molecule has 1 heterocycles. The Morgan fingerprint density at radius 3 is 2.49 bits per heavy atom. The highest BCUT2D eigenvalue weighted by atomic mass is 19.4.